The lowest BCUT2D eigenvalue weighted by Gasteiger charge is -2.25. The highest BCUT2D eigenvalue weighted by molar-refractivity contribution is 5.43. The SMILES string of the molecule is CC[C@@H]1CCCc2c(OC)cccc21. The number of ether oxygens (including phenoxy) is 1. The van der Waals surface area contributed by atoms with Gasteiger partial charge in [-0.1, -0.05) is 19.1 Å². The van der Waals surface area contributed by atoms with Gasteiger partial charge in [-0.2, -0.15) is 0 Å². The fraction of sp³-hybridized carbons (Fsp3) is 0.538. The quantitative estimate of drug-likeness (QED) is 0.693. The van der Waals surface area contributed by atoms with E-state index in [0.717, 1.165) is 11.7 Å². The molecule has 14 heavy (non-hydrogen) atoms. The summed E-state index contributed by atoms with van der Waals surface area (Å²) in [6.45, 7) is 2.28. The van der Waals surface area contributed by atoms with Crippen LogP contribution in [-0.4, -0.2) is 7.11 Å². The highest BCUT2D eigenvalue weighted by Gasteiger charge is 2.20. The third kappa shape index (κ3) is 1.52. The largest absolute Gasteiger partial charge is 0.496 e. The van der Waals surface area contributed by atoms with Gasteiger partial charge in [-0.25, -0.2) is 0 Å². The fourth-order valence-corrected chi connectivity index (χ4v) is 2.53. The first-order chi connectivity index (χ1) is 6.86. The van der Waals surface area contributed by atoms with E-state index in [1.165, 1.54) is 36.8 Å². The number of methoxy groups -OCH3 is 1. The van der Waals surface area contributed by atoms with Crippen LogP contribution in [0.25, 0.3) is 0 Å². The van der Waals surface area contributed by atoms with Crippen molar-refractivity contribution < 1.29 is 4.74 Å². The van der Waals surface area contributed by atoms with Gasteiger partial charge < -0.3 is 4.74 Å². The topological polar surface area (TPSA) is 9.23 Å². The standard InChI is InChI=1S/C13H18O/c1-3-10-6-4-8-12-11(10)7-5-9-13(12)14-2/h5,7,9-10H,3-4,6,8H2,1-2H3/t10-/m1/s1. The van der Waals surface area contributed by atoms with Crippen molar-refractivity contribution in [3.8, 4) is 5.75 Å². The van der Waals surface area contributed by atoms with Crippen LogP contribution in [0.3, 0.4) is 0 Å². The number of benzene rings is 1. The zero-order valence-corrected chi connectivity index (χ0v) is 9.05. The van der Waals surface area contributed by atoms with Crippen molar-refractivity contribution in [2.24, 2.45) is 0 Å². The fourth-order valence-electron chi connectivity index (χ4n) is 2.53. The second-order valence-corrected chi connectivity index (χ2v) is 4.03. The van der Waals surface area contributed by atoms with E-state index in [4.69, 9.17) is 4.74 Å². The molecule has 0 radical (unpaired) electrons. The molecule has 0 saturated carbocycles. The Morgan fingerprint density at radius 2 is 2.29 bits per heavy atom. The summed E-state index contributed by atoms with van der Waals surface area (Å²) in [5, 5.41) is 0. The molecular formula is C13H18O. The van der Waals surface area contributed by atoms with Gasteiger partial charge in [-0.05, 0) is 48.8 Å². The minimum Gasteiger partial charge on any atom is -0.496 e. The Kier molecular flexibility index (Phi) is 2.76. The van der Waals surface area contributed by atoms with E-state index in [1.807, 2.05) is 0 Å². The summed E-state index contributed by atoms with van der Waals surface area (Å²) >= 11 is 0. The van der Waals surface area contributed by atoms with Gasteiger partial charge in [-0.15, -0.1) is 0 Å². The second kappa shape index (κ2) is 4.04. The third-order valence-corrected chi connectivity index (χ3v) is 3.30. The summed E-state index contributed by atoms with van der Waals surface area (Å²) in [4.78, 5) is 0. The molecule has 1 nitrogen and oxygen atoms in total. The van der Waals surface area contributed by atoms with E-state index in [9.17, 15) is 0 Å². The summed E-state index contributed by atoms with van der Waals surface area (Å²) in [7, 11) is 1.77. The summed E-state index contributed by atoms with van der Waals surface area (Å²) < 4.78 is 5.41. The molecule has 0 fully saturated rings. The first-order valence-electron chi connectivity index (χ1n) is 5.52. The van der Waals surface area contributed by atoms with Crippen LogP contribution < -0.4 is 4.74 Å². The highest BCUT2D eigenvalue weighted by Crippen LogP contribution is 2.37. The molecule has 0 heterocycles. The van der Waals surface area contributed by atoms with E-state index >= 15 is 0 Å². The Labute approximate surface area is 86.1 Å². The lowest BCUT2D eigenvalue weighted by atomic mass is 9.81. The number of hydrogen-bond acceptors (Lipinski definition) is 1. The molecule has 2 rings (SSSR count). The smallest absolute Gasteiger partial charge is 0.122 e. The van der Waals surface area contributed by atoms with E-state index in [1.54, 1.807) is 7.11 Å². The number of fused-ring (bicyclic) bond motifs is 1. The Hall–Kier alpha value is -0.980. The maximum absolute atomic E-state index is 5.41. The van der Waals surface area contributed by atoms with Crippen molar-refractivity contribution in [1.29, 1.82) is 0 Å². The van der Waals surface area contributed by atoms with E-state index in [2.05, 4.69) is 25.1 Å². The number of rotatable bonds is 2. The molecule has 0 bridgehead atoms. The monoisotopic (exact) mass is 190 g/mol. The molecule has 1 atom stereocenters. The minimum atomic E-state index is 0.758. The van der Waals surface area contributed by atoms with E-state index in [0.29, 0.717) is 0 Å². The van der Waals surface area contributed by atoms with Crippen LogP contribution in [0.2, 0.25) is 0 Å². The van der Waals surface area contributed by atoms with Crippen LogP contribution in [-0.2, 0) is 6.42 Å². The minimum absolute atomic E-state index is 0.758. The Morgan fingerprint density at radius 3 is 3.00 bits per heavy atom. The summed E-state index contributed by atoms with van der Waals surface area (Å²) in [5.41, 5.74) is 2.98. The van der Waals surface area contributed by atoms with Crippen LogP contribution in [0.5, 0.6) is 5.75 Å². The molecule has 1 aliphatic carbocycles. The van der Waals surface area contributed by atoms with Crippen molar-refractivity contribution in [3.63, 3.8) is 0 Å². The van der Waals surface area contributed by atoms with Gasteiger partial charge in [0.1, 0.15) is 5.75 Å². The van der Waals surface area contributed by atoms with Crippen molar-refractivity contribution >= 4 is 0 Å². The summed E-state index contributed by atoms with van der Waals surface area (Å²) in [6.07, 6.45) is 5.10. The molecule has 0 spiro atoms. The molecule has 1 aliphatic rings. The zero-order valence-electron chi connectivity index (χ0n) is 9.05. The van der Waals surface area contributed by atoms with E-state index in [-0.39, 0.29) is 0 Å². The van der Waals surface area contributed by atoms with Crippen molar-refractivity contribution in [2.75, 3.05) is 7.11 Å². The predicted molar refractivity (Wildman–Crippen MR) is 59.0 cm³/mol. The molecule has 0 saturated heterocycles. The van der Waals surface area contributed by atoms with Crippen molar-refractivity contribution in [2.45, 2.75) is 38.5 Å². The molecule has 1 aromatic carbocycles. The average Bonchev–Trinajstić information content (AvgIpc) is 2.27. The lowest BCUT2D eigenvalue weighted by Crippen LogP contribution is -2.10. The first kappa shape index (κ1) is 9.57. The molecule has 1 aromatic rings. The molecule has 0 aliphatic heterocycles. The second-order valence-electron chi connectivity index (χ2n) is 4.03. The van der Waals surface area contributed by atoms with Gasteiger partial charge in [0.05, 0.1) is 7.11 Å². The number of hydrogen-bond donors (Lipinski definition) is 0. The van der Waals surface area contributed by atoms with Crippen LogP contribution in [0.15, 0.2) is 18.2 Å². The lowest BCUT2D eigenvalue weighted by molar-refractivity contribution is 0.402. The van der Waals surface area contributed by atoms with Gasteiger partial charge in [0.25, 0.3) is 0 Å². The van der Waals surface area contributed by atoms with Gasteiger partial charge in [0.2, 0.25) is 0 Å². The maximum atomic E-state index is 5.41. The van der Waals surface area contributed by atoms with Gasteiger partial charge >= 0.3 is 0 Å². The predicted octanol–water partition coefficient (Wildman–Crippen LogP) is 3.53. The third-order valence-electron chi connectivity index (χ3n) is 3.30. The molecule has 1 heteroatoms. The van der Waals surface area contributed by atoms with E-state index < -0.39 is 0 Å². The van der Waals surface area contributed by atoms with Crippen molar-refractivity contribution in [3.05, 3.63) is 29.3 Å². The highest BCUT2D eigenvalue weighted by atomic mass is 16.5. The molecular weight excluding hydrogens is 172 g/mol. The van der Waals surface area contributed by atoms with Gasteiger partial charge in [0.15, 0.2) is 0 Å². The average molecular weight is 190 g/mol. The Bertz CT molecular complexity index is 317. The Balaban J connectivity index is 2.43. The van der Waals surface area contributed by atoms with Crippen LogP contribution in [0.1, 0.15) is 43.2 Å². The molecule has 0 unspecified atom stereocenters. The molecule has 0 aromatic heterocycles. The first-order valence-corrected chi connectivity index (χ1v) is 5.52. The normalized spacial score (nSPS) is 20.3. The zero-order chi connectivity index (χ0) is 9.97. The molecule has 76 valence electrons. The maximum Gasteiger partial charge on any atom is 0.122 e. The van der Waals surface area contributed by atoms with Crippen LogP contribution >= 0.6 is 0 Å². The molecule has 0 amide bonds. The van der Waals surface area contributed by atoms with Gasteiger partial charge in [-0.3, -0.25) is 0 Å². The van der Waals surface area contributed by atoms with Crippen LogP contribution in [0, 0.1) is 0 Å². The van der Waals surface area contributed by atoms with Gasteiger partial charge in [0, 0.05) is 0 Å². The molecule has 0 N–H and O–H groups in total. The van der Waals surface area contributed by atoms with Crippen LogP contribution in [0.4, 0.5) is 0 Å². The van der Waals surface area contributed by atoms with Crippen molar-refractivity contribution in [1.82, 2.24) is 0 Å². The summed E-state index contributed by atoms with van der Waals surface area (Å²) in [5.74, 6) is 1.84. The Morgan fingerprint density at radius 1 is 1.43 bits per heavy atom. The summed E-state index contributed by atoms with van der Waals surface area (Å²) in [6, 6.07) is 6.47.